The molecule has 0 saturated heterocycles. The fourth-order valence-corrected chi connectivity index (χ4v) is 2.78. The fraction of sp³-hybridized carbons (Fsp3) is 0.167. The van der Waals surface area contributed by atoms with E-state index in [1.807, 2.05) is 24.4 Å². The normalized spacial score (nSPS) is 12.2. The van der Waals surface area contributed by atoms with Crippen molar-refractivity contribution in [1.82, 2.24) is 10.3 Å². The molecule has 0 radical (unpaired) electrons. The number of hydrogen-bond donors (Lipinski definition) is 1. The number of rotatable bonds is 3. The van der Waals surface area contributed by atoms with Crippen LogP contribution in [-0.4, -0.2) is 10.9 Å². The SMILES string of the molecule is CC(NC(=O)c1ncc(Cl)c(Cl)c1Cl)c1cccs1. The van der Waals surface area contributed by atoms with Gasteiger partial charge in [0.15, 0.2) is 0 Å². The summed E-state index contributed by atoms with van der Waals surface area (Å²) < 4.78 is 0. The molecule has 0 aromatic carbocycles. The molecule has 3 nitrogen and oxygen atoms in total. The number of aromatic nitrogens is 1. The molecule has 0 fully saturated rings. The molecule has 0 aliphatic rings. The summed E-state index contributed by atoms with van der Waals surface area (Å²) in [6.45, 7) is 1.88. The standard InChI is InChI=1S/C12H9Cl3N2OS/c1-6(8-3-2-4-19-8)17-12(18)11-10(15)9(14)7(13)5-16-11/h2-6H,1H3,(H,17,18). The summed E-state index contributed by atoms with van der Waals surface area (Å²) in [4.78, 5) is 17.0. The number of hydrogen-bond acceptors (Lipinski definition) is 3. The highest BCUT2D eigenvalue weighted by atomic mass is 35.5. The number of carbonyl (C=O) groups is 1. The van der Waals surface area contributed by atoms with E-state index in [0.29, 0.717) is 0 Å². The molecule has 0 bridgehead atoms. The fourth-order valence-electron chi connectivity index (χ4n) is 1.48. The number of nitrogens with one attached hydrogen (secondary N) is 1. The van der Waals surface area contributed by atoms with Crippen LogP contribution in [0.4, 0.5) is 0 Å². The van der Waals surface area contributed by atoms with Gasteiger partial charge in [-0.3, -0.25) is 4.79 Å². The number of amides is 1. The molecule has 19 heavy (non-hydrogen) atoms. The third kappa shape index (κ3) is 3.20. The number of thiophene rings is 1. The summed E-state index contributed by atoms with van der Waals surface area (Å²) in [5, 5.41) is 5.16. The van der Waals surface area contributed by atoms with Gasteiger partial charge in [-0.25, -0.2) is 4.98 Å². The molecule has 0 spiro atoms. The Bertz CT molecular complexity index is 601. The van der Waals surface area contributed by atoms with Crippen molar-refractivity contribution < 1.29 is 4.79 Å². The zero-order chi connectivity index (χ0) is 14.0. The molecule has 0 aliphatic heterocycles. The van der Waals surface area contributed by atoms with Crippen molar-refractivity contribution in [2.45, 2.75) is 13.0 Å². The molecule has 7 heteroatoms. The third-order valence-electron chi connectivity index (χ3n) is 2.45. The summed E-state index contributed by atoms with van der Waals surface area (Å²) in [5.41, 5.74) is 0.0690. The van der Waals surface area contributed by atoms with Crippen LogP contribution < -0.4 is 5.32 Å². The average molecular weight is 336 g/mol. The van der Waals surface area contributed by atoms with Gasteiger partial charge in [-0.15, -0.1) is 11.3 Å². The Kier molecular flexibility index (Phi) is 4.68. The maximum Gasteiger partial charge on any atom is 0.271 e. The number of nitrogens with zero attached hydrogens (tertiary/aromatic N) is 1. The van der Waals surface area contributed by atoms with E-state index < -0.39 is 0 Å². The maximum absolute atomic E-state index is 12.1. The van der Waals surface area contributed by atoms with E-state index in [-0.39, 0.29) is 32.7 Å². The Balaban J connectivity index is 2.19. The average Bonchev–Trinajstić information content (AvgIpc) is 2.89. The Labute approximate surface area is 129 Å². The van der Waals surface area contributed by atoms with E-state index in [4.69, 9.17) is 34.8 Å². The van der Waals surface area contributed by atoms with Gasteiger partial charge in [-0.05, 0) is 18.4 Å². The summed E-state index contributed by atoms with van der Waals surface area (Å²) in [6.07, 6.45) is 1.31. The van der Waals surface area contributed by atoms with Crippen LogP contribution in [0.25, 0.3) is 0 Å². The van der Waals surface area contributed by atoms with Crippen molar-refractivity contribution in [2.75, 3.05) is 0 Å². The lowest BCUT2D eigenvalue weighted by atomic mass is 10.2. The predicted octanol–water partition coefficient (Wildman–Crippen LogP) is 4.59. The van der Waals surface area contributed by atoms with Crippen LogP contribution in [-0.2, 0) is 0 Å². The number of halogens is 3. The van der Waals surface area contributed by atoms with E-state index in [0.717, 1.165) is 4.88 Å². The smallest absolute Gasteiger partial charge is 0.271 e. The Morgan fingerprint density at radius 1 is 1.37 bits per heavy atom. The van der Waals surface area contributed by atoms with Gasteiger partial charge in [0.05, 0.1) is 21.1 Å². The molecule has 100 valence electrons. The highest BCUT2D eigenvalue weighted by molar-refractivity contribution is 7.10. The van der Waals surface area contributed by atoms with Crippen molar-refractivity contribution >= 4 is 52.0 Å². The minimum absolute atomic E-state index is 0.0602. The lowest BCUT2D eigenvalue weighted by Crippen LogP contribution is -2.27. The van der Waals surface area contributed by atoms with E-state index in [9.17, 15) is 4.79 Å². The van der Waals surface area contributed by atoms with Crippen LogP contribution in [0.2, 0.25) is 15.1 Å². The lowest BCUT2D eigenvalue weighted by molar-refractivity contribution is 0.0935. The first kappa shape index (κ1) is 14.6. The summed E-state index contributed by atoms with van der Waals surface area (Å²) in [7, 11) is 0. The van der Waals surface area contributed by atoms with E-state index in [2.05, 4.69) is 10.3 Å². The highest BCUT2D eigenvalue weighted by Gasteiger charge is 2.19. The lowest BCUT2D eigenvalue weighted by Gasteiger charge is -2.13. The van der Waals surface area contributed by atoms with Crippen molar-refractivity contribution in [3.63, 3.8) is 0 Å². The van der Waals surface area contributed by atoms with Gasteiger partial charge in [-0.1, -0.05) is 40.9 Å². The largest absolute Gasteiger partial charge is 0.343 e. The van der Waals surface area contributed by atoms with E-state index in [1.54, 1.807) is 11.3 Å². The molecular weight excluding hydrogens is 327 g/mol. The third-order valence-corrected chi connectivity index (χ3v) is 4.75. The first-order valence-corrected chi connectivity index (χ1v) is 7.35. The second-order valence-corrected chi connectivity index (χ2v) is 5.94. The maximum atomic E-state index is 12.1. The molecule has 2 aromatic rings. The molecule has 2 aromatic heterocycles. The zero-order valence-electron chi connectivity index (χ0n) is 9.78. The van der Waals surface area contributed by atoms with Crippen LogP contribution in [0.5, 0.6) is 0 Å². The van der Waals surface area contributed by atoms with E-state index >= 15 is 0 Å². The van der Waals surface area contributed by atoms with Crippen molar-refractivity contribution in [3.8, 4) is 0 Å². The molecule has 0 aliphatic carbocycles. The van der Waals surface area contributed by atoms with Crippen LogP contribution in [0.1, 0.15) is 28.3 Å². The molecule has 1 atom stereocenters. The molecule has 0 saturated carbocycles. The molecule has 1 amide bonds. The van der Waals surface area contributed by atoms with Crippen molar-refractivity contribution in [1.29, 1.82) is 0 Å². The van der Waals surface area contributed by atoms with Gasteiger partial charge >= 0.3 is 0 Å². The van der Waals surface area contributed by atoms with Gasteiger partial charge in [0.1, 0.15) is 5.69 Å². The van der Waals surface area contributed by atoms with E-state index in [1.165, 1.54) is 6.20 Å². The zero-order valence-corrected chi connectivity index (χ0v) is 12.9. The van der Waals surface area contributed by atoms with Crippen LogP contribution in [0, 0.1) is 0 Å². The minimum atomic E-state index is -0.385. The topological polar surface area (TPSA) is 42.0 Å². The first-order valence-electron chi connectivity index (χ1n) is 5.34. The molecule has 1 N–H and O–H groups in total. The van der Waals surface area contributed by atoms with Crippen LogP contribution in [0.15, 0.2) is 23.7 Å². The molecule has 2 heterocycles. The van der Waals surface area contributed by atoms with Gasteiger partial charge in [-0.2, -0.15) is 0 Å². The van der Waals surface area contributed by atoms with Gasteiger partial charge < -0.3 is 5.32 Å². The molecule has 1 unspecified atom stereocenters. The Morgan fingerprint density at radius 2 is 2.11 bits per heavy atom. The van der Waals surface area contributed by atoms with Gasteiger partial charge in [0.2, 0.25) is 0 Å². The Hall–Kier alpha value is -0.810. The van der Waals surface area contributed by atoms with Crippen molar-refractivity contribution in [2.24, 2.45) is 0 Å². The van der Waals surface area contributed by atoms with Crippen LogP contribution in [0.3, 0.4) is 0 Å². The Morgan fingerprint density at radius 3 is 2.74 bits per heavy atom. The van der Waals surface area contributed by atoms with Gasteiger partial charge in [0, 0.05) is 11.1 Å². The molecular formula is C12H9Cl3N2OS. The van der Waals surface area contributed by atoms with Crippen LogP contribution >= 0.6 is 46.1 Å². The van der Waals surface area contributed by atoms with Crippen molar-refractivity contribution in [3.05, 3.63) is 49.3 Å². The number of pyridine rings is 1. The summed E-state index contributed by atoms with van der Waals surface area (Å²) >= 11 is 19.2. The second kappa shape index (κ2) is 6.09. The van der Waals surface area contributed by atoms with Gasteiger partial charge in [0.25, 0.3) is 5.91 Å². The predicted molar refractivity (Wildman–Crippen MR) is 79.5 cm³/mol. The number of carbonyl (C=O) groups excluding carboxylic acids is 1. The second-order valence-electron chi connectivity index (χ2n) is 3.79. The quantitative estimate of drug-likeness (QED) is 0.891. The first-order chi connectivity index (χ1) is 9.00. The highest BCUT2D eigenvalue weighted by Crippen LogP contribution is 2.31. The summed E-state index contributed by atoms with van der Waals surface area (Å²) in [6, 6.07) is 3.74. The summed E-state index contributed by atoms with van der Waals surface area (Å²) in [5.74, 6) is -0.385. The minimum Gasteiger partial charge on any atom is -0.343 e. The monoisotopic (exact) mass is 334 g/mol. The molecule has 2 rings (SSSR count).